The zero-order valence-electron chi connectivity index (χ0n) is 13.9. The van der Waals surface area contributed by atoms with E-state index in [1.165, 1.54) is 18.3 Å². The van der Waals surface area contributed by atoms with E-state index >= 15 is 0 Å². The summed E-state index contributed by atoms with van der Waals surface area (Å²) < 4.78 is 18.8. The maximum atomic E-state index is 13.2. The van der Waals surface area contributed by atoms with Gasteiger partial charge < -0.3 is 4.74 Å². The van der Waals surface area contributed by atoms with Crippen molar-refractivity contribution in [3.8, 4) is 11.5 Å². The molecule has 0 N–H and O–H groups in total. The number of ketones is 1. The van der Waals surface area contributed by atoms with Crippen molar-refractivity contribution in [2.45, 2.75) is 20.3 Å². The number of aryl methyl sites for hydroxylation is 2. The molecule has 0 saturated carbocycles. The number of halogens is 1. The van der Waals surface area contributed by atoms with Crippen LogP contribution < -0.4 is 4.74 Å². The summed E-state index contributed by atoms with van der Waals surface area (Å²) in [6.07, 6.45) is 2.64. The maximum absolute atomic E-state index is 13.2. The Hall–Kier alpha value is -3.15. The molecular formula is C19H16FN3O2. The Balaban J connectivity index is 1.82. The number of pyridine rings is 3. The Labute approximate surface area is 144 Å². The fourth-order valence-corrected chi connectivity index (χ4v) is 2.38. The molecule has 126 valence electrons. The smallest absolute Gasteiger partial charge is 0.187 e. The largest absolute Gasteiger partial charge is 0.455 e. The molecular weight excluding hydrogens is 321 g/mol. The first-order valence-corrected chi connectivity index (χ1v) is 7.72. The number of rotatable bonds is 5. The molecule has 3 rings (SSSR count). The van der Waals surface area contributed by atoms with Crippen LogP contribution in [0.15, 0.2) is 48.8 Å². The topological polar surface area (TPSA) is 65.0 Å². The molecule has 6 heteroatoms. The molecule has 3 heterocycles. The number of nitrogens with zero attached hydrogens (tertiary/aromatic N) is 3. The van der Waals surface area contributed by atoms with Gasteiger partial charge in [-0.15, -0.1) is 0 Å². The Bertz CT molecular complexity index is 928. The Morgan fingerprint density at radius 3 is 2.64 bits per heavy atom. The van der Waals surface area contributed by atoms with Crippen molar-refractivity contribution in [2.75, 3.05) is 0 Å². The van der Waals surface area contributed by atoms with Gasteiger partial charge >= 0.3 is 0 Å². The number of carbonyl (C=O) groups excluding carboxylic acids is 1. The highest BCUT2D eigenvalue weighted by Crippen LogP contribution is 2.23. The van der Waals surface area contributed by atoms with Crippen LogP contribution in [0, 0.1) is 19.7 Å². The van der Waals surface area contributed by atoms with E-state index in [9.17, 15) is 9.18 Å². The van der Waals surface area contributed by atoms with E-state index in [0.29, 0.717) is 17.1 Å². The number of aromatic nitrogens is 3. The first kappa shape index (κ1) is 16.7. The predicted molar refractivity (Wildman–Crippen MR) is 90.3 cm³/mol. The molecule has 3 aromatic heterocycles. The van der Waals surface area contributed by atoms with Crippen LogP contribution in [0.4, 0.5) is 4.39 Å². The maximum Gasteiger partial charge on any atom is 0.187 e. The molecule has 0 saturated heterocycles. The molecule has 0 atom stereocenters. The lowest BCUT2D eigenvalue weighted by Crippen LogP contribution is -2.08. The molecule has 0 bridgehead atoms. The zero-order chi connectivity index (χ0) is 17.8. The fourth-order valence-electron chi connectivity index (χ4n) is 2.38. The van der Waals surface area contributed by atoms with Crippen LogP contribution in [0.1, 0.15) is 27.6 Å². The highest BCUT2D eigenvalue weighted by atomic mass is 19.1. The van der Waals surface area contributed by atoms with Gasteiger partial charge in [0.25, 0.3) is 0 Å². The fraction of sp³-hybridized carbons (Fsp3) is 0.158. The van der Waals surface area contributed by atoms with Crippen LogP contribution >= 0.6 is 0 Å². The first-order chi connectivity index (χ1) is 12.0. The summed E-state index contributed by atoms with van der Waals surface area (Å²) in [6, 6.07) is 9.97. The van der Waals surface area contributed by atoms with Crippen LogP contribution in [-0.2, 0) is 6.42 Å². The third kappa shape index (κ3) is 4.44. The normalized spacial score (nSPS) is 10.5. The van der Waals surface area contributed by atoms with E-state index < -0.39 is 5.82 Å². The summed E-state index contributed by atoms with van der Waals surface area (Å²) in [5.74, 6) is -0.00100. The van der Waals surface area contributed by atoms with E-state index in [4.69, 9.17) is 4.74 Å². The highest BCUT2D eigenvalue weighted by molar-refractivity contribution is 5.95. The molecule has 0 aliphatic heterocycles. The van der Waals surface area contributed by atoms with Crippen molar-refractivity contribution in [2.24, 2.45) is 0 Å². The standard InChI is InChI=1S/C19H16FN3O2/c1-12-4-3-5-15(22-12)8-19(24)18-9-16(6-13(2)23-18)25-17-7-14(20)10-21-11-17/h3-7,9-11H,8H2,1-2H3. The number of hydrogen-bond acceptors (Lipinski definition) is 5. The summed E-state index contributed by atoms with van der Waals surface area (Å²) in [6.45, 7) is 3.64. The number of hydrogen-bond donors (Lipinski definition) is 0. The molecule has 0 spiro atoms. The SMILES string of the molecule is Cc1cccc(CC(=O)c2cc(Oc3cncc(F)c3)cc(C)n2)n1. The molecule has 3 aromatic rings. The van der Waals surface area contributed by atoms with Gasteiger partial charge in [0.1, 0.15) is 23.0 Å². The number of Topliss-reactive ketones (excluding diaryl/α,β-unsaturated/α-hetero) is 1. The second kappa shape index (κ2) is 7.17. The van der Waals surface area contributed by atoms with Gasteiger partial charge in [-0.25, -0.2) is 9.37 Å². The van der Waals surface area contributed by atoms with Crippen molar-refractivity contribution in [1.29, 1.82) is 0 Å². The van der Waals surface area contributed by atoms with Gasteiger partial charge in [-0.3, -0.25) is 14.8 Å². The summed E-state index contributed by atoms with van der Waals surface area (Å²) in [5.41, 5.74) is 2.44. The Morgan fingerprint density at radius 2 is 1.88 bits per heavy atom. The molecule has 0 amide bonds. The third-order valence-corrected chi connectivity index (χ3v) is 3.42. The van der Waals surface area contributed by atoms with Gasteiger partial charge in [0.2, 0.25) is 0 Å². The van der Waals surface area contributed by atoms with Gasteiger partial charge in [0.15, 0.2) is 5.78 Å². The number of ether oxygens (including phenoxy) is 1. The van der Waals surface area contributed by atoms with Crippen molar-refractivity contribution in [3.63, 3.8) is 0 Å². The van der Waals surface area contributed by atoms with E-state index in [0.717, 1.165) is 11.9 Å². The summed E-state index contributed by atoms with van der Waals surface area (Å²) >= 11 is 0. The van der Waals surface area contributed by atoms with Crippen molar-refractivity contribution in [3.05, 3.63) is 77.4 Å². The molecule has 0 aliphatic carbocycles. The molecule has 25 heavy (non-hydrogen) atoms. The Morgan fingerprint density at radius 1 is 1.04 bits per heavy atom. The summed E-state index contributed by atoms with van der Waals surface area (Å²) in [4.78, 5) is 24.8. The van der Waals surface area contributed by atoms with E-state index in [2.05, 4.69) is 15.0 Å². The van der Waals surface area contributed by atoms with Crippen LogP contribution in [0.2, 0.25) is 0 Å². The van der Waals surface area contributed by atoms with Crippen molar-refractivity contribution < 1.29 is 13.9 Å². The Kier molecular flexibility index (Phi) is 4.79. The second-order valence-corrected chi connectivity index (χ2v) is 5.64. The van der Waals surface area contributed by atoms with Crippen molar-refractivity contribution in [1.82, 2.24) is 15.0 Å². The molecule has 0 unspecified atom stereocenters. The van der Waals surface area contributed by atoms with Gasteiger partial charge in [0.05, 0.1) is 18.8 Å². The summed E-state index contributed by atoms with van der Waals surface area (Å²) in [5, 5.41) is 0. The highest BCUT2D eigenvalue weighted by Gasteiger charge is 2.13. The molecule has 0 aromatic carbocycles. The minimum Gasteiger partial charge on any atom is -0.455 e. The summed E-state index contributed by atoms with van der Waals surface area (Å²) in [7, 11) is 0. The van der Waals surface area contributed by atoms with Crippen LogP contribution in [0.5, 0.6) is 11.5 Å². The number of carbonyl (C=O) groups is 1. The van der Waals surface area contributed by atoms with Gasteiger partial charge in [-0.1, -0.05) is 6.07 Å². The minimum atomic E-state index is -0.495. The van der Waals surface area contributed by atoms with Crippen LogP contribution in [-0.4, -0.2) is 20.7 Å². The molecule has 0 fully saturated rings. The average Bonchev–Trinajstić information content (AvgIpc) is 2.54. The van der Waals surface area contributed by atoms with Gasteiger partial charge in [0, 0.05) is 35.3 Å². The lowest BCUT2D eigenvalue weighted by atomic mass is 10.1. The van der Waals surface area contributed by atoms with E-state index in [1.54, 1.807) is 19.1 Å². The van der Waals surface area contributed by atoms with E-state index in [-0.39, 0.29) is 23.6 Å². The molecule has 5 nitrogen and oxygen atoms in total. The first-order valence-electron chi connectivity index (χ1n) is 7.72. The molecule has 0 radical (unpaired) electrons. The van der Waals surface area contributed by atoms with Crippen LogP contribution in [0.25, 0.3) is 0 Å². The van der Waals surface area contributed by atoms with Gasteiger partial charge in [-0.05, 0) is 26.0 Å². The average molecular weight is 337 g/mol. The predicted octanol–water partition coefficient (Wildman–Crippen LogP) is 3.85. The zero-order valence-corrected chi connectivity index (χ0v) is 13.9. The van der Waals surface area contributed by atoms with Gasteiger partial charge in [-0.2, -0.15) is 0 Å². The minimum absolute atomic E-state index is 0.152. The quantitative estimate of drug-likeness (QED) is 0.662. The lowest BCUT2D eigenvalue weighted by Gasteiger charge is -2.08. The third-order valence-electron chi connectivity index (χ3n) is 3.42. The van der Waals surface area contributed by atoms with E-state index in [1.807, 2.05) is 19.1 Å². The lowest BCUT2D eigenvalue weighted by molar-refractivity contribution is 0.0986. The van der Waals surface area contributed by atoms with Crippen molar-refractivity contribution >= 4 is 5.78 Å². The molecule has 0 aliphatic rings. The second-order valence-electron chi connectivity index (χ2n) is 5.64. The van der Waals surface area contributed by atoms with Crippen LogP contribution in [0.3, 0.4) is 0 Å². The monoisotopic (exact) mass is 337 g/mol.